The van der Waals surface area contributed by atoms with Crippen LogP contribution in [0.15, 0.2) is 18.6 Å². The van der Waals surface area contributed by atoms with E-state index in [1.54, 1.807) is 18.6 Å². The molecule has 1 saturated carbocycles. The van der Waals surface area contributed by atoms with Gasteiger partial charge in [0.2, 0.25) is 5.88 Å². The van der Waals surface area contributed by atoms with Gasteiger partial charge in [0.05, 0.1) is 6.20 Å². The molecule has 6 heteroatoms. The van der Waals surface area contributed by atoms with Crippen molar-refractivity contribution in [3.8, 4) is 5.88 Å². The molecule has 0 aliphatic heterocycles. The summed E-state index contributed by atoms with van der Waals surface area (Å²) in [5.74, 6) is 0.569. The van der Waals surface area contributed by atoms with Crippen LogP contribution in [0, 0.1) is 0 Å². The second-order valence-electron chi connectivity index (χ2n) is 6.48. The Kier molecular flexibility index (Phi) is 4.98. The van der Waals surface area contributed by atoms with E-state index >= 15 is 0 Å². The molecule has 1 aromatic rings. The zero-order valence-corrected chi connectivity index (χ0v) is 12.9. The van der Waals surface area contributed by atoms with E-state index in [9.17, 15) is 4.79 Å². The Morgan fingerprint density at radius 1 is 1.24 bits per heavy atom. The molecule has 0 aromatic carbocycles. The third-order valence-corrected chi connectivity index (χ3v) is 3.32. The predicted molar refractivity (Wildman–Crippen MR) is 80.1 cm³/mol. The van der Waals surface area contributed by atoms with Crippen molar-refractivity contribution >= 4 is 6.03 Å². The second-order valence-corrected chi connectivity index (χ2v) is 6.48. The minimum absolute atomic E-state index is 0.0965. The van der Waals surface area contributed by atoms with E-state index in [4.69, 9.17) is 4.74 Å². The van der Waals surface area contributed by atoms with E-state index in [0.717, 1.165) is 25.7 Å². The molecule has 2 amide bonds. The Morgan fingerprint density at radius 3 is 2.52 bits per heavy atom. The third kappa shape index (κ3) is 5.57. The molecule has 0 saturated heterocycles. The molecule has 1 aliphatic carbocycles. The van der Waals surface area contributed by atoms with Gasteiger partial charge < -0.3 is 15.4 Å². The minimum Gasteiger partial charge on any atom is -0.473 e. The highest BCUT2D eigenvalue weighted by atomic mass is 16.5. The first-order chi connectivity index (χ1) is 9.92. The molecular weight excluding hydrogens is 268 g/mol. The van der Waals surface area contributed by atoms with Crippen molar-refractivity contribution in [3.05, 3.63) is 18.6 Å². The number of amides is 2. The second kappa shape index (κ2) is 6.74. The first kappa shape index (κ1) is 15.5. The summed E-state index contributed by atoms with van der Waals surface area (Å²) in [6, 6.07) is 0.120. The fourth-order valence-corrected chi connectivity index (χ4v) is 2.40. The van der Waals surface area contributed by atoms with Crippen molar-refractivity contribution in [2.45, 2.75) is 64.1 Å². The Bertz CT molecular complexity index is 450. The van der Waals surface area contributed by atoms with Crippen molar-refractivity contribution in [2.24, 2.45) is 0 Å². The predicted octanol–water partition coefficient (Wildman–Crippen LogP) is 2.26. The minimum atomic E-state index is -0.212. The molecule has 0 bridgehead atoms. The Hall–Kier alpha value is -1.85. The quantitative estimate of drug-likeness (QED) is 0.896. The van der Waals surface area contributed by atoms with E-state index in [1.165, 1.54) is 0 Å². The SMILES string of the molecule is CC(C)(C)NC(=O)NC1CCC(Oc2cnccn2)CC1. The largest absolute Gasteiger partial charge is 0.473 e. The summed E-state index contributed by atoms with van der Waals surface area (Å²) in [5, 5.41) is 5.94. The van der Waals surface area contributed by atoms with E-state index in [2.05, 4.69) is 20.6 Å². The summed E-state index contributed by atoms with van der Waals surface area (Å²) >= 11 is 0. The number of carbonyl (C=O) groups is 1. The molecule has 1 aromatic heterocycles. The zero-order chi connectivity index (χ0) is 15.3. The van der Waals surface area contributed by atoms with E-state index in [1.807, 2.05) is 20.8 Å². The van der Waals surface area contributed by atoms with Gasteiger partial charge in [-0.25, -0.2) is 9.78 Å². The van der Waals surface area contributed by atoms with Crippen LogP contribution in [0.2, 0.25) is 0 Å². The summed E-state index contributed by atoms with van der Waals surface area (Å²) in [6.45, 7) is 5.91. The van der Waals surface area contributed by atoms with Crippen molar-refractivity contribution in [3.63, 3.8) is 0 Å². The maximum Gasteiger partial charge on any atom is 0.315 e. The first-order valence-corrected chi connectivity index (χ1v) is 7.44. The maximum absolute atomic E-state index is 11.8. The van der Waals surface area contributed by atoms with Gasteiger partial charge in [-0.2, -0.15) is 0 Å². The van der Waals surface area contributed by atoms with Gasteiger partial charge in [-0.05, 0) is 46.5 Å². The van der Waals surface area contributed by atoms with Crippen molar-refractivity contribution in [2.75, 3.05) is 0 Å². The average Bonchev–Trinajstić information content (AvgIpc) is 2.40. The number of rotatable bonds is 3. The van der Waals surface area contributed by atoms with Crippen LogP contribution in [-0.2, 0) is 0 Å². The van der Waals surface area contributed by atoms with Gasteiger partial charge in [-0.1, -0.05) is 0 Å². The number of hydrogen-bond acceptors (Lipinski definition) is 4. The zero-order valence-electron chi connectivity index (χ0n) is 12.9. The highest BCUT2D eigenvalue weighted by molar-refractivity contribution is 5.74. The van der Waals surface area contributed by atoms with Crippen molar-refractivity contribution < 1.29 is 9.53 Å². The Labute approximate surface area is 125 Å². The molecular formula is C15H24N4O2. The van der Waals surface area contributed by atoms with Crippen molar-refractivity contribution in [1.82, 2.24) is 20.6 Å². The number of urea groups is 1. The Morgan fingerprint density at radius 2 is 1.95 bits per heavy atom. The van der Waals surface area contributed by atoms with Crippen LogP contribution in [0.5, 0.6) is 5.88 Å². The van der Waals surface area contributed by atoms with Crippen LogP contribution in [0.1, 0.15) is 46.5 Å². The van der Waals surface area contributed by atoms with Crippen LogP contribution >= 0.6 is 0 Å². The smallest absolute Gasteiger partial charge is 0.315 e. The fraction of sp³-hybridized carbons (Fsp3) is 0.667. The number of ether oxygens (including phenoxy) is 1. The molecule has 1 heterocycles. The number of hydrogen-bond donors (Lipinski definition) is 2. The van der Waals surface area contributed by atoms with Crippen LogP contribution in [0.3, 0.4) is 0 Å². The lowest BCUT2D eigenvalue weighted by atomic mass is 9.93. The van der Waals surface area contributed by atoms with Gasteiger partial charge in [0.25, 0.3) is 0 Å². The molecule has 116 valence electrons. The van der Waals surface area contributed by atoms with E-state index < -0.39 is 0 Å². The molecule has 2 rings (SSSR count). The summed E-state index contributed by atoms with van der Waals surface area (Å²) in [7, 11) is 0. The molecule has 1 fully saturated rings. The van der Waals surface area contributed by atoms with Crippen LogP contribution < -0.4 is 15.4 Å². The molecule has 0 spiro atoms. The monoisotopic (exact) mass is 292 g/mol. The topological polar surface area (TPSA) is 76.1 Å². The molecule has 21 heavy (non-hydrogen) atoms. The van der Waals surface area contributed by atoms with Gasteiger partial charge in [0, 0.05) is 24.0 Å². The number of nitrogens with zero attached hydrogens (tertiary/aromatic N) is 2. The van der Waals surface area contributed by atoms with Gasteiger partial charge in [-0.15, -0.1) is 0 Å². The summed E-state index contributed by atoms with van der Waals surface area (Å²) < 4.78 is 5.79. The summed E-state index contributed by atoms with van der Waals surface area (Å²) in [5.41, 5.74) is -0.212. The lowest BCUT2D eigenvalue weighted by molar-refractivity contribution is 0.134. The van der Waals surface area contributed by atoms with Crippen LogP contribution in [-0.4, -0.2) is 33.7 Å². The van der Waals surface area contributed by atoms with Gasteiger partial charge in [0.15, 0.2) is 0 Å². The third-order valence-electron chi connectivity index (χ3n) is 3.32. The van der Waals surface area contributed by atoms with Gasteiger partial charge in [0.1, 0.15) is 6.10 Å². The molecule has 0 unspecified atom stereocenters. The molecule has 1 aliphatic rings. The average molecular weight is 292 g/mol. The molecule has 2 N–H and O–H groups in total. The van der Waals surface area contributed by atoms with Gasteiger partial charge in [-0.3, -0.25) is 4.98 Å². The normalized spacial score (nSPS) is 22.4. The molecule has 6 nitrogen and oxygen atoms in total. The van der Waals surface area contributed by atoms with Gasteiger partial charge >= 0.3 is 6.03 Å². The highest BCUT2D eigenvalue weighted by Crippen LogP contribution is 2.22. The van der Waals surface area contributed by atoms with Crippen molar-refractivity contribution in [1.29, 1.82) is 0 Å². The molecule has 0 atom stereocenters. The summed E-state index contributed by atoms with van der Waals surface area (Å²) in [4.78, 5) is 19.9. The number of nitrogens with one attached hydrogen (secondary N) is 2. The van der Waals surface area contributed by atoms with Crippen LogP contribution in [0.4, 0.5) is 4.79 Å². The van der Waals surface area contributed by atoms with Crippen LogP contribution in [0.25, 0.3) is 0 Å². The highest BCUT2D eigenvalue weighted by Gasteiger charge is 2.24. The van der Waals surface area contributed by atoms with E-state index in [-0.39, 0.29) is 23.7 Å². The maximum atomic E-state index is 11.8. The fourth-order valence-electron chi connectivity index (χ4n) is 2.40. The Balaban J connectivity index is 1.72. The summed E-state index contributed by atoms with van der Waals surface area (Å²) in [6.07, 6.45) is 8.70. The first-order valence-electron chi connectivity index (χ1n) is 7.44. The number of carbonyl (C=O) groups excluding carboxylic acids is 1. The lowest BCUT2D eigenvalue weighted by Crippen LogP contribution is -2.50. The number of aromatic nitrogens is 2. The molecule has 0 radical (unpaired) electrons. The van der Waals surface area contributed by atoms with E-state index in [0.29, 0.717) is 5.88 Å². The lowest BCUT2D eigenvalue weighted by Gasteiger charge is -2.30. The standard InChI is InChI=1S/C15H24N4O2/c1-15(2,3)19-14(20)18-11-4-6-12(7-5-11)21-13-10-16-8-9-17-13/h8-12H,4-7H2,1-3H3,(H2,18,19,20).